The summed E-state index contributed by atoms with van der Waals surface area (Å²) in [6.45, 7) is 2.04. The minimum atomic E-state index is -0.294. The Labute approximate surface area is 128 Å². The lowest BCUT2D eigenvalue weighted by Crippen LogP contribution is -2.31. The smallest absolute Gasteiger partial charge is 0.162 e. The van der Waals surface area contributed by atoms with Gasteiger partial charge in [-0.05, 0) is 42.4 Å². The van der Waals surface area contributed by atoms with Gasteiger partial charge in [0.25, 0.3) is 0 Å². The zero-order chi connectivity index (χ0) is 13.9. The first-order chi connectivity index (χ1) is 9.13. The van der Waals surface area contributed by atoms with Crippen molar-refractivity contribution < 1.29 is 4.74 Å². The van der Waals surface area contributed by atoms with Crippen LogP contribution < -0.4 is 5.32 Å². The van der Waals surface area contributed by atoms with E-state index < -0.39 is 0 Å². The number of rotatable bonds is 3. The Balaban J connectivity index is 2.45. The van der Waals surface area contributed by atoms with Gasteiger partial charge in [0.15, 0.2) is 5.82 Å². The number of ether oxygens (including phenoxy) is 1. The van der Waals surface area contributed by atoms with E-state index in [-0.39, 0.29) is 5.60 Å². The van der Waals surface area contributed by atoms with Crippen LogP contribution >= 0.6 is 22.6 Å². The van der Waals surface area contributed by atoms with Crippen molar-refractivity contribution in [1.29, 1.82) is 0 Å². The molecule has 1 heterocycles. The van der Waals surface area contributed by atoms with E-state index in [1.165, 1.54) is 25.7 Å². The summed E-state index contributed by atoms with van der Waals surface area (Å²) in [6, 6.07) is 0. The highest BCUT2D eigenvalue weighted by molar-refractivity contribution is 14.1. The molecule has 0 radical (unpaired) electrons. The lowest BCUT2D eigenvalue weighted by Gasteiger charge is -2.30. The van der Waals surface area contributed by atoms with Crippen LogP contribution in [-0.4, -0.2) is 24.1 Å². The zero-order valence-corrected chi connectivity index (χ0v) is 14.1. The lowest BCUT2D eigenvalue weighted by atomic mass is 9.93. The molecule has 5 heteroatoms. The van der Waals surface area contributed by atoms with E-state index in [0.717, 1.165) is 33.7 Å². The highest BCUT2D eigenvalue weighted by atomic mass is 127. The van der Waals surface area contributed by atoms with E-state index in [2.05, 4.69) is 27.9 Å². The Bertz CT molecular complexity index is 443. The standard InChI is InChI=1S/C14H22IN3O/c1-10-11(15)12(16-2)18-13(17-10)14(19-3)8-6-4-5-7-9-14/h4-9H2,1-3H3,(H,16,17,18). The number of hydrogen-bond donors (Lipinski definition) is 1. The molecule has 0 unspecified atom stereocenters. The zero-order valence-electron chi connectivity index (χ0n) is 11.9. The molecule has 106 valence electrons. The number of anilines is 1. The van der Waals surface area contributed by atoms with Gasteiger partial charge in [0, 0.05) is 14.2 Å². The fourth-order valence-electron chi connectivity index (χ4n) is 2.75. The molecular formula is C14H22IN3O. The second-order valence-electron chi connectivity index (χ2n) is 5.16. The van der Waals surface area contributed by atoms with Gasteiger partial charge in [0.1, 0.15) is 11.4 Å². The van der Waals surface area contributed by atoms with Crippen LogP contribution in [0.5, 0.6) is 0 Å². The second kappa shape index (κ2) is 6.35. The molecule has 1 aromatic heterocycles. The van der Waals surface area contributed by atoms with E-state index in [1.807, 2.05) is 14.0 Å². The average molecular weight is 375 g/mol. The highest BCUT2D eigenvalue weighted by Gasteiger charge is 2.36. The summed E-state index contributed by atoms with van der Waals surface area (Å²) in [7, 11) is 3.70. The maximum absolute atomic E-state index is 5.88. The maximum atomic E-state index is 5.88. The summed E-state index contributed by atoms with van der Waals surface area (Å²) in [5, 5.41) is 3.16. The van der Waals surface area contributed by atoms with Crippen LogP contribution in [0.25, 0.3) is 0 Å². The van der Waals surface area contributed by atoms with Gasteiger partial charge in [0.2, 0.25) is 0 Å². The lowest BCUT2D eigenvalue weighted by molar-refractivity contribution is -0.0351. The maximum Gasteiger partial charge on any atom is 0.162 e. The van der Waals surface area contributed by atoms with E-state index in [0.29, 0.717) is 0 Å². The van der Waals surface area contributed by atoms with E-state index >= 15 is 0 Å². The number of hydrogen-bond acceptors (Lipinski definition) is 4. The predicted molar refractivity (Wildman–Crippen MR) is 85.4 cm³/mol. The van der Waals surface area contributed by atoms with Gasteiger partial charge in [0.05, 0.1) is 9.26 Å². The number of nitrogens with one attached hydrogen (secondary N) is 1. The summed E-state index contributed by atoms with van der Waals surface area (Å²) in [5.41, 5.74) is 0.729. The number of aryl methyl sites for hydroxylation is 1. The molecule has 0 spiro atoms. The van der Waals surface area contributed by atoms with E-state index in [1.54, 1.807) is 7.11 Å². The van der Waals surface area contributed by atoms with Gasteiger partial charge in [-0.1, -0.05) is 25.7 Å². The van der Waals surface area contributed by atoms with Gasteiger partial charge >= 0.3 is 0 Å². The molecule has 1 aliphatic rings. The van der Waals surface area contributed by atoms with Gasteiger partial charge in [-0.15, -0.1) is 0 Å². The quantitative estimate of drug-likeness (QED) is 0.648. The Morgan fingerprint density at radius 3 is 2.32 bits per heavy atom. The Hall–Kier alpha value is -0.430. The van der Waals surface area contributed by atoms with Crippen LogP contribution in [0.15, 0.2) is 0 Å². The number of aromatic nitrogens is 2. The van der Waals surface area contributed by atoms with Crippen LogP contribution in [0.3, 0.4) is 0 Å². The first kappa shape index (κ1) is 15.0. The van der Waals surface area contributed by atoms with Crippen molar-refractivity contribution in [2.75, 3.05) is 19.5 Å². The predicted octanol–water partition coefficient (Wildman–Crippen LogP) is 3.63. The average Bonchev–Trinajstić information content (AvgIpc) is 2.68. The Morgan fingerprint density at radius 1 is 1.16 bits per heavy atom. The molecule has 1 aromatic rings. The van der Waals surface area contributed by atoms with Gasteiger partial charge < -0.3 is 10.1 Å². The molecule has 0 aliphatic heterocycles. The van der Waals surface area contributed by atoms with E-state index in [4.69, 9.17) is 14.7 Å². The van der Waals surface area contributed by atoms with Crippen molar-refractivity contribution in [3.05, 3.63) is 15.1 Å². The molecule has 1 aliphatic carbocycles. The first-order valence-electron chi connectivity index (χ1n) is 6.90. The molecule has 19 heavy (non-hydrogen) atoms. The summed E-state index contributed by atoms with van der Waals surface area (Å²) in [6.07, 6.45) is 6.99. The molecule has 4 nitrogen and oxygen atoms in total. The van der Waals surface area contributed by atoms with Crippen LogP contribution in [0.4, 0.5) is 5.82 Å². The van der Waals surface area contributed by atoms with Gasteiger partial charge in [-0.2, -0.15) is 0 Å². The molecule has 2 rings (SSSR count). The molecule has 1 fully saturated rings. The Kier molecular flexibility index (Phi) is 5.00. The van der Waals surface area contributed by atoms with Crippen molar-refractivity contribution in [3.63, 3.8) is 0 Å². The van der Waals surface area contributed by atoms with Gasteiger partial charge in [-0.3, -0.25) is 0 Å². The molecular weight excluding hydrogens is 353 g/mol. The third kappa shape index (κ3) is 3.02. The van der Waals surface area contributed by atoms with Crippen LogP contribution in [-0.2, 0) is 10.3 Å². The highest BCUT2D eigenvalue weighted by Crippen LogP contribution is 2.38. The number of methoxy groups -OCH3 is 1. The first-order valence-corrected chi connectivity index (χ1v) is 7.98. The van der Waals surface area contributed by atoms with Crippen molar-refractivity contribution in [3.8, 4) is 0 Å². The van der Waals surface area contributed by atoms with Crippen molar-refractivity contribution >= 4 is 28.4 Å². The van der Waals surface area contributed by atoms with Crippen LogP contribution in [0.1, 0.15) is 50.0 Å². The topological polar surface area (TPSA) is 47.0 Å². The van der Waals surface area contributed by atoms with Crippen molar-refractivity contribution in [2.45, 2.75) is 51.0 Å². The molecule has 0 atom stereocenters. The minimum Gasteiger partial charge on any atom is -0.372 e. The SMILES string of the molecule is CNc1nc(C2(OC)CCCCCC2)nc(C)c1I. The molecule has 0 amide bonds. The molecule has 1 N–H and O–H groups in total. The van der Waals surface area contributed by atoms with E-state index in [9.17, 15) is 0 Å². The third-order valence-corrected chi connectivity index (χ3v) is 5.25. The third-order valence-electron chi connectivity index (χ3n) is 3.96. The van der Waals surface area contributed by atoms with Crippen molar-refractivity contribution in [2.24, 2.45) is 0 Å². The van der Waals surface area contributed by atoms with Crippen LogP contribution in [0.2, 0.25) is 0 Å². The fourth-order valence-corrected chi connectivity index (χ4v) is 3.26. The number of nitrogens with zero attached hydrogens (tertiary/aromatic N) is 2. The summed E-state index contributed by atoms with van der Waals surface area (Å²) in [4.78, 5) is 9.41. The summed E-state index contributed by atoms with van der Waals surface area (Å²) < 4.78 is 6.97. The summed E-state index contributed by atoms with van der Waals surface area (Å²) >= 11 is 2.29. The largest absolute Gasteiger partial charge is 0.372 e. The van der Waals surface area contributed by atoms with Crippen LogP contribution in [0, 0.1) is 10.5 Å². The Morgan fingerprint density at radius 2 is 1.79 bits per heavy atom. The molecule has 0 bridgehead atoms. The normalized spacial score (nSPS) is 18.9. The molecule has 0 aromatic carbocycles. The summed E-state index contributed by atoms with van der Waals surface area (Å²) in [5.74, 6) is 1.75. The van der Waals surface area contributed by atoms with Gasteiger partial charge in [-0.25, -0.2) is 9.97 Å². The molecule has 0 saturated heterocycles. The molecule has 1 saturated carbocycles. The number of halogens is 1. The monoisotopic (exact) mass is 375 g/mol. The minimum absolute atomic E-state index is 0.294. The second-order valence-corrected chi connectivity index (χ2v) is 6.24. The van der Waals surface area contributed by atoms with Crippen molar-refractivity contribution in [1.82, 2.24) is 9.97 Å². The fraction of sp³-hybridized carbons (Fsp3) is 0.714.